The Hall–Kier alpha value is -3.22. The van der Waals surface area contributed by atoms with Crippen LogP contribution in [0.15, 0.2) is 52.9 Å². The number of carbonyl (C=O) groups excluding carboxylic acids is 1. The highest BCUT2D eigenvalue weighted by molar-refractivity contribution is 7.87. The molecule has 2 aromatic carbocycles. The molecule has 9 heteroatoms. The number of piperazine rings is 1. The van der Waals surface area contributed by atoms with Crippen LogP contribution in [-0.4, -0.2) is 56.4 Å². The smallest absolute Gasteiger partial charge is 0.410 e. The highest BCUT2D eigenvalue weighted by Crippen LogP contribution is 2.29. The Balaban J connectivity index is 1.87. The summed E-state index contributed by atoms with van der Waals surface area (Å²) in [4.78, 5) is 13.9. The Labute approximate surface area is 189 Å². The van der Waals surface area contributed by atoms with Gasteiger partial charge in [0.25, 0.3) is 10.2 Å². The van der Waals surface area contributed by atoms with Crippen LogP contribution in [0.4, 0.5) is 10.5 Å². The standard InChI is InChI=1S/C23H27N3O5S/c1-5-18-10-12-19(13-11-18)24-32(29,31-21-9-7-6-8-20(21)27)26-16-14-25(15-17-26)22(28)30-23(2,3)4/h1,6-13,27H,14-17H2,2-4H3. The van der Waals surface area contributed by atoms with Gasteiger partial charge in [-0.15, -0.1) is 6.42 Å². The largest absolute Gasteiger partial charge is 0.504 e. The number of phenolic OH excluding ortho intramolecular Hbond substituents is 1. The van der Waals surface area contributed by atoms with E-state index in [1.54, 1.807) is 66.4 Å². The minimum absolute atomic E-state index is 0.0519. The first-order valence-corrected chi connectivity index (χ1v) is 11.5. The summed E-state index contributed by atoms with van der Waals surface area (Å²) in [7, 11) is -3.46. The van der Waals surface area contributed by atoms with E-state index in [1.165, 1.54) is 12.1 Å². The van der Waals surface area contributed by atoms with Gasteiger partial charge in [-0.25, -0.2) is 4.79 Å². The van der Waals surface area contributed by atoms with E-state index in [2.05, 4.69) is 10.3 Å². The summed E-state index contributed by atoms with van der Waals surface area (Å²) in [6.07, 6.45) is 4.97. The Morgan fingerprint density at radius 3 is 2.28 bits per heavy atom. The molecule has 1 heterocycles. The Kier molecular flexibility index (Phi) is 6.96. The van der Waals surface area contributed by atoms with Crippen LogP contribution in [0.1, 0.15) is 26.3 Å². The predicted molar refractivity (Wildman–Crippen MR) is 123 cm³/mol. The summed E-state index contributed by atoms with van der Waals surface area (Å²) in [5.41, 5.74) is 0.484. The van der Waals surface area contributed by atoms with E-state index in [4.69, 9.17) is 15.3 Å². The van der Waals surface area contributed by atoms with Crippen LogP contribution in [0.25, 0.3) is 0 Å². The highest BCUT2D eigenvalue weighted by Gasteiger charge is 2.32. The average molecular weight is 458 g/mol. The lowest BCUT2D eigenvalue weighted by Gasteiger charge is -2.35. The second kappa shape index (κ2) is 9.51. The minimum Gasteiger partial charge on any atom is -0.504 e. The number of aromatic hydroxyl groups is 1. The number of amides is 1. The van der Waals surface area contributed by atoms with Gasteiger partial charge in [-0.3, -0.25) is 0 Å². The average Bonchev–Trinajstić information content (AvgIpc) is 2.75. The lowest BCUT2D eigenvalue weighted by molar-refractivity contribution is 0.0191. The van der Waals surface area contributed by atoms with Crippen molar-refractivity contribution in [3.63, 3.8) is 0 Å². The summed E-state index contributed by atoms with van der Waals surface area (Å²) in [6.45, 7) is 6.49. The molecule has 1 fully saturated rings. The molecule has 2 aromatic rings. The monoisotopic (exact) mass is 457 g/mol. The number of hydrogen-bond acceptors (Lipinski definition) is 6. The lowest BCUT2D eigenvalue weighted by Crippen LogP contribution is -2.52. The van der Waals surface area contributed by atoms with Gasteiger partial charge in [-0.1, -0.05) is 18.1 Å². The Bertz CT molecular complexity index is 1120. The molecule has 0 spiro atoms. The van der Waals surface area contributed by atoms with Crippen molar-refractivity contribution in [1.29, 1.82) is 0 Å². The van der Waals surface area contributed by atoms with E-state index in [0.717, 1.165) is 0 Å². The maximum absolute atomic E-state index is 13.9. The number of hydrogen-bond donors (Lipinski definition) is 1. The molecule has 0 bridgehead atoms. The first-order chi connectivity index (χ1) is 15.1. The van der Waals surface area contributed by atoms with Crippen molar-refractivity contribution in [2.24, 2.45) is 4.36 Å². The molecule has 0 saturated carbocycles. The molecule has 0 radical (unpaired) electrons. The number of rotatable bonds is 4. The topological polar surface area (TPSA) is 91.7 Å². The third-order valence-corrected chi connectivity index (χ3v) is 6.39. The van der Waals surface area contributed by atoms with Crippen molar-refractivity contribution in [1.82, 2.24) is 9.21 Å². The molecular formula is C23H27N3O5S. The molecule has 170 valence electrons. The lowest BCUT2D eigenvalue weighted by atomic mass is 10.2. The summed E-state index contributed by atoms with van der Waals surface area (Å²) < 4.78 is 31.1. The molecule has 0 aromatic heterocycles. The number of benzene rings is 2. The Morgan fingerprint density at radius 1 is 1.09 bits per heavy atom. The van der Waals surface area contributed by atoms with Gasteiger partial charge in [0.05, 0.1) is 5.69 Å². The third-order valence-electron chi connectivity index (χ3n) is 4.53. The zero-order valence-corrected chi connectivity index (χ0v) is 19.2. The van der Waals surface area contributed by atoms with E-state index in [-0.39, 0.29) is 24.6 Å². The van der Waals surface area contributed by atoms with Crippen LogP contribution in [-0.2, 0) is 14.9 Å². The highest BCUT2D eigenvalue weighted by atomic mass is 32.2. The van der Waals surface area contributed by atoms with Crippen LogP contribution in [0.3, 0.4) is 0 Å². The fourth-order valence-corrected chi connectivity index (χ4v) is 4.60. The molecule has 1 amide bonds. The normalized spacial score (nSPS) is 16.5. The molecule has 1 aliphatic rings. The summed E-state index contributed by atoms with van der Waals surface area (Å²) >= 11 is 0. The van der Waals surface area contributed by atoms with Gasteiger partial charge in [-0.2, -0.15) is 12.9 Å². The molecule has 1 saturated heterocycles. The van der Waals surface area contributed by atoms with Gasteiger partial charge in [-0.05, 0) is 57.2 Å². The maximum atomic E-state index is 13.9. The number of phenols is 1. The molecule has 0 aliphatic carbocycles. The van der Waals surface area contributed by atoms with Crippen LogP contribution < -0.4 is 4.18 Å². The molecule has 1 unspecified atom stereocenters. The van der Waals surface area contributed by atoms with Gasteiger partial charge in [0, 0.05) is 31.7 Å². The van der Waals surface area contributed by atoms with E-state index in [1.807, 2.05) is 0 Å². The third kappa shape index (κ3) is 5.93. The molecular weight excluding hydrogens is 430 g/mol. The van der Waals surface area contributed by atoms with Crippen LogP contribution in [0, 0.1) is 12.3 Å². The van der Waals surface area contributed by atoms with Crippen molar-refractivity contribution in [3.8, 4) is 23.8 Å². The first kappa shape index (κ1) is 23.4. The summed E-state index contributed by atoms with van der Waals surface area (Å²) in [5.74, 6) is 2.43. The van der Waals surface area contributed by atoms with E-state index in [0.29, 0.717) is 24.3 Å². The van der Waals surface area contributed by atoms with Crippen molar-refractivity contribution in [2.45, 2.75) is 26.4 Å². The number of ether oxygens (including phenoxy) is 1. The van der Waals surface area contributed by atoms with E-state index < -0.39 is 21.9 Å². The van der Waals surface area contributed by atoms with E-state index in [9.17, 15) is 14.1 Å². The second-order valence-corrected chi connectivity index (χ2v) is 9.94. The number of carbonyl (C=O) groups is 1. The minimum atomic E-state index is -3.46. The number of nitrogens with zero attached hydrogens (tertiary/aromatic N) is 3. The van der Waals surface area contributed by atoms with Crippen LogP contribution in [0.5, 0.6) is 11.5 Å². The van der Waals surface area contributed by atoms with Crippen LogP contribution >= 0.6 is 0 Å². The van der Waals surface area contributed by atoms with E-state index >= 15 is 0 Å². The van der Waals surface area contributed by atoms with Crippen molar-refractivity contribution in [3.05, 3.63) is 54.1 Å². The fourth-order valence-electron chi connectivity index (χ4n) is 2.95. The zero-order valence-electron chi connectivity index (χ0n) is 18.4. The molecule has 1 atom stereocenters. The number of terminal acetylenes is 1. The Morgan fingerprint density at radius 2 is 1.72 bits per heavy atom. The predicted octanol–water partition coefficient (Wildman–Crippen LogP) is 3.93. The quantitative estimate of drug-likeness (QED) is 0.703. The maximum Gasteiger partial charge on any atom is 0.410 e. The van der Waals surface area contributed by atoms with Gasteiger partial charge in [0.1, 0.15) is 5.60 Å². The zero-order chi connectivity index (χ0) is 23.4. The van der Waals surface area contributed by atoms with Crippen molar-refractivity contribution in [2.75, 3.05) is 26.2 Å². The van der Waals surface area contributed by atoms with Gasteiger partial charge < -0.3 is 18.9 Å². The molecule has 1 aliphatic heterocycles. The molecule has 8 nitrogen and oxygen atoms in total. The molecule has 1 N–H and O–H groups in total. The SMILES string of the molecule is C#Cc1ccc(N=S(=O)(Oc2ccccc2O)N2CCN(C(=O)OC(C)(C)C)CC2)cc1. The molecule has 3 rings (SSSR count). The first-order valence-electron chi connectivity index (χ1n) is 10.1. The van der Waals surface area contributed by atoms with Gasteiger partial charge >= 0.3 is 6.09 Å². The summed E-state index contributed by atoms with van der Waals surface area (Å²) in [5, 5.41) is 10.1. The molecule has 32 heavy (non-hydrogen) atoms. The fraction of sp³-hybridized carbons (Fsp3) is 0.348. The van der Waals surface area contributed by atoms with Crippen LogP contribution in [0.2, 0.25) is 0 Å². The number of para-hydroxylation sites is 2. The van der Waals surface area contributed by atoms with Gasteiger partial charge in [0.15, 0.2) is 11.5 Å². The van der Waals surface area contributed by atoms with Crippen molar-refractivity contribution >= 4 is 22.0 Å². The van der Waals surface area contributed by atoms with Gasteiger partial charge in [0.2, 0.25) is 0 Å². The summed E-state index contributed by atoms with van der Waals surface area (Å²) in [6, 6.07) is 13.0. The second-order valence-electron chi connectivity index (χ2n) is 8.18. The van der Waals surface area contributed by atoms with Crippen molar-refractivity contribution < 1.29 is 23.0 Å².